The van der Waals surface area contributed by atoms with Crippen molar-refractivity contribution in [1.82, 2.24) is 14.9 Å². The Labute approximate surface area is 177 Å². The van der Waals surface area contributed by atoms with Gasteiger partial charge in [0.05, 0.1) is 23.5 Å². The first-order valence-electron chi connectivity index (χ1n) is 9.90. The first-order valence-corrected chi connectivity index (χ1v) is 9.90. The molecular formula is C22H21F2N5O2. The van der Waals surface area contributed by atoms with Gasteiger partial charge in [-0.15, -0.1) is 0 Å². The molecule has 1 aromatic heterocycles. The molecule has 1 aliphatic heterocycles. The van der Waals surface area contributed by atoms with E-state index in [4.69, 9.17) is 5.73 Å². The molecule has 4 N–H and O–H groups in total. The quantitative estimate of drug-likeness (QED) is 0.583. The Bertz CT molecular complexity index is 1130. The number of aromatic amines is 1. The van der Waals surface area contributed by atoms with Crippen molar-refractivity contribution in [3.63, 3.8) is 0 Å². The van der Waals surface area contributed by atoms with Crippen molar-refractivity contribution in [2.45, 2.75) is 25.3 Å². The van der Waals surface area contributed by atoms with Crippen LogP contribution in [0.3, 0.4) is 0 Å². The zero-order valence-electron chi connectivity index (χ0n) is 16.6. The van der Waals surface area contributed by atoms with Gasteiger partial charge < -0.3 is 20.9 Å². The molecule has 7 nitrogen and oxygen atoms in total. The highest BCUT2D eigenvalue weighted by atomic mass is 19.1. The number of benzene rings is 2. The van der Waals surface area contributed by atoms with Crippen molar-refractivity contribution in [2.24, 2.45) is 5.73 Å². The average molecular weight is 425 g/mol. The maximum atomic E-state index is 13.7. The molecule has 1 saturated heterocycles. The van der Waals surface area contributed by atoms with Crippen LogP contribution in [-0.4, -0.2) is 33.4 Å². The van der Waals surface area contributed by atoms with Crippen molar-refractivity contribution < 1.29 is 18.4 Å². The summed E-state index contributed by atoms with van der Waals surface area (Å²) in [5.74, 6) is -1.40. The number of primary amides is 1. The van der Waals surface area contributed by atoms with Crippen molar-refractivity contribution in [3.05, 3.63) is 71.7 Å². The lowest BCUT2D eigenvalue weighted by atomic mass is 10.0. The van der Waals surface area contributed by atoms with Gasteiger partial charge in [-0.3, -0.25) is 4.79 Å². The number of hydrogen-bond acceptors (Lipinski definition) is 3. The van der Waals surface area contributed by atoms with E-state index in [0.29, 0.717) is 30.0 Å². The number of halogens is 2. The van der Waals surface area contributed by atoms with Gasteiger partial charge in [0, 0.05) is 17.8 Å². The van der Waals surface area contributed by atoms with Crippen LogP contribution in [0.5, 0.6) is 0 Å². The Balaban J connectivity index is 1.55. The molecule has 9 heteroatoms. The van der Waals surface area contributed by atoms with Gasteiger partial charge in [0.25, 0.3) is 5.91 Å². The molecule has 31 heavy (non-hydrogen) atoms. The summed E-state index contributed by atoms with van der Waals surface area (Å²) in [4.78, 5) is 33.6. The fourth-order valence-electron chi connectivity index (χ4n) is 3.75. The molecule has 1 fully saturated rings. The van der Waals surface area contributed by atoms with Gasteiger partial charge in [-0.1, -0.05) is 12.1 Å². The molecule has 0 saturated carbocycles. The lowest BCUT2D eigenvalue weighted by Crippen LogP contribution is -2.41. The minimum absolute atomic E-state index is 0.268. The first-order chi connectivity index (χ1) is 14.9. The monoisotopic (exact) mass is 425 g/mol. The Morgan fingerprint density at radius 3 is 2.77 bits per heavy atom. The number of aromatic nitrogens is 2. The van der Waals surface area contributed by atoms with Crippen LogP contribution in [0.15, 0.2) is 48.7 Å². The van der Waals surface area contributed by atoms with Crippen LogP contribution in [-0.2, 0) is 0 Å². The third kappa shape index (κ3) is 4.40. The molecule has 0 spiro atoms. The van der Waals surface area contributed by atoms with E-state index in [1.165, 1.54) is 24.3 Å². The normalized spacial score (nSPS) is 16.2. The third-order valence-electron chi connectivity index (χ3n) is 5.29. The molecule has 0 radical (unpaired) electrons. The number of carbonyl (C=O) groups is 2. The number of H-pyrrole nitrogens is 1. The minimum Gasteiger partial charge on any atom is -0.366 e. The van der Waals surface area contributed by atoms with Gasteiger partial charge in [-0.2, -0.15) is 0 Å². The lowest BCUT2D eigenvalue weighted by Gasteiger charge is -2.34. The molecule has 1 atom stereocenters. The number of piperidine rings is 1. The molecule has 4 rings (SSSR count). The van der Waals surface area contributed by atoms with Crippen LogP contribution in [0.25, 0.3) is 11.3 Å². The van der Waals surface area contributed by atoms with Crippen molar-refractivity contribution in [2.75, 3.05) is 11.9 Å². The number of likely N-dealkylation sites (tertiary alicyclic amines) is 1. The largest absolute Gasteiger partial charge is 0.366 e. The van der Waals surface area contributed by atoms with Crippen LogP contribution < -0.4 is 11.1 Å². The van der Waals surface area contributed by atoms with E-state index in [9.17, 15) is 18.4 Å². The standard InChI is InChI=1S/C22H21F2N5O2/c23-14-5-3-4-13(10-14)18-12-26-21(28-18)19-6-1-2-9-29(19)22(31)27-15-7-8-17(24)16(11-15)20(25)30/h3-5,7-8,10-12,19H,1-2,6,9H2,(H2,25,30)(H,26,28)(H,27,31). The van der Waals surface area contributed by atoms with E-state index in [2.05, 4.69) is 15.3 Å². The fourth-order valence-corrected chi connectivity index (χ4v) is 3.75. The number of urea groups is 1. The van der Waals surface area contributed by atoms with Gasteiger partial charge in [-0.05, 0) is 49.6 Å². The number of carbonyl (C=O) groups excluding carboxylic acids is 2. The molecular weight excluding hydrogens is 404 g/mol. The van der Waals surface area contributed by atoms with Crippen LogP contribution >= 0.6 is 0 Å². The van der Waals surface area contributed by atoms with Crippen LogP contribution in [0, 0.1) is 11.6 Å². The zero-order valence-corrected chi connectivity index (χ0v) is 16.6. The molecule has 2 heterocycles. The third-order valence-corrected chi connectivity index (χ3v) is 5.29. The topological polar surface area (TPSA) is 104 Å². The summed E-state index contributed by atoms with van der Waals surface area (Å²) in [6, 6.07) is 9.15. The lowest BCUT2D eigenvalue weighted by molar-refractivity contribution is 0.0996. The summed E-state index contributed by atoms with van der Waals surface area (Å²) in [6.07, 6.45) is 4.08. The van der Waals surface area contributed by atoms with E-state index >= 15 is 0 Å². The second-order valence-electron chi connectivity index (χ2n) is 7.39. The summed E-state index contributed by atoms with van der Waals surface area (Å²) >= 11 is 0. The average Bonchev–Trinajstić information content (AvgIpc) is 3.25. The van der Waals surface area contributed by atoms with E-state index in [0.717, 1.165) is 18.9 Å². The van der Waals surface area contributed by atoms with Crippen molar-refractivity contribution in [1.29, 1.82) is 0 Å². The predicted octanol–water partition coefficient (Wildman–Crippen LogP) is 4.21. The number of hydrogen-bond donors (Lipinski definition) is 3. The zero-order chi connectivity index (χ0) is 22.0. The fraction of sp³-hybridized carbons (Fsp3) is 0.227. The van der Waals surface area contributed by atoms with Gasteiger partial charge in [-0.25, -0.2) is 18.6 Å². The minimum atomic E-state index is -0.912. The first kappa shape index (κ1) is 20.5. The molecule has 0 aliphatic carbocycles. The Morgan fingerprint density at radius 2 is 2.00 bits per heavy atom. The van der Waals surface area contributed by atoms with E-state index in [1.807, 2.05) is 0 Å². The van der Waals surface area contributed by atoms with Gasteiger partial charge in [0.15, 0.2) is 0 Å². The summed E-state index contributed by atoms with van der Waals surface area (Å²) in [7, 11) is 0. The summed E-state index contributed by atoms with van der Waals surface area (Å²) < 4.78 is 27.2. The second-order valence-corrected chi connectivity index (χ2v) is 7.39. The summed E-state index contributed by atoms with van der Waals surface area (Å²) in [6.45, 7) is 0.510. The SMILES string of the molecule is NC(=O)c1cc(NC(=O)N2CCCCC2c2ncc(-c3cccc(F)c3)[nH]2)ccc1F. The highest BCUT2D eigenvalue weighted by molar-refractivity contribution is 5.96. The number of anilines is 1. The highest BCUT2D eigenvalue weighted by Crippen LogP contribution is 2.31. The number of nitrogens with one attached hydrogen (secondary N) is 2. The molecule has 0 bridgehead atoms. The summed E-state index contributed by atoms with van der Waals surface area (Å²) in [5.41, 5.74) is 6.47. The molecule has 160 valence electrons. The number of nitrogens with zero attached hydrogens (tertiary/aromatic N) is 2. The van der Waals surface area contributed by atoms with Gasteiger partial charge >= 0.3 is 6.03 Å². The number of nitrogens with two attached hydrogens (primary N) is 1. The Hall–Kier alpha value is -3.75. The van der Waals surface area contributed by atoms with Crippen molar-refractivity contribution >= 4 is 17.6 Å². The van der Waals surface area contributed by atoms with E-state index in [1.54, 1.807) is 23.2 Å². The van der Waals surface area contributed by atoms with Crippen LogP contribution in [0.2, 0.25) is 0 Å². The smallest absolute Gasteiger partial charge is 0.322 e. The number of imidazole rings is 1. The maximum Gasteiger partial charge on any atom is 0.322 e. The van der Waals surface area contributed by atoms with Gasteiger partial charge in [0.1, 0.15) is 17.5 Å². The second kappa shape index (κ2) is 8.55. The van der Waals surface area contributed by atoms with Crippen molar-refractivity contribution in [3.8, 4) is 11.3 Å². The Kier molecular flexibility index (Phi) is 5.66. The Morgan fingerprint density at radius 1 is 1.16 bits per heavy atom. The van der Waals surface area contributed by atoms with Crippen LogP contribution in [0.4, 0.5) is 19.3 Å². The molecule has 3 amide bonds. The van der Waals surface area contributed by atoms with E-state index in [-0.39, 0.29) is 23.1 Å². The number of amides is 3. The molecule has 1 aliphatic rings. The number of rotatable bonds is 4. The van der Waals surface area contributed by atoms with E-state index < -0.39 is 17.8 Å². The van der Waals surface area contributed by atoms with Gasteiger partial charge in [0.2, 0.25) is 0 Å². The summed E-state index contributed by atoms with van der Waals surface area (Å²) in [5, 5.41) is 2.70. The highest BCUT2D eigenvalue weighted by Gasteiger charge is 2.30. The molecule has 2 aromatic carbocycles. The maximum absolute atomic E-state index is 13.7. The molecule has 1 unspecified atom stereocenters. The molecule has 3 aromatic rings. The predicted molar refractivity (Wildman–Crippen MR) is 111 cm³/mol. The van der Waals surface area contributed by atoms with Crippen LogP contribution in [0.1, 0.15) is 41.5 Å².